The molecule has 1 aliphatic heterocycles. The molecule has 2 fully saturated rings. The first-order chi connectivity index (χ1) is 9.70. The Morgan fingerprint density at radius 2 is 2.05 bits per heavy atom. The first-order valence-electron chi connectivity index (χ1n) is 7.76. The number of piperidine rings is 1. The fraction of sp³-hybridized carbons (Fsp3) is 0.588. The maximum absolute atomic E-state index is 12.7. The second kappa shape index (κ2) is 5.57. The molecule has 1 saturated carbocycles. The molecule has 1 aromatic rings. The topological polar surface area (TPSA) is 46.3 Å². The van der Waals surface area contributed by atoms with Gasteiger partial charge in [0, 0.05) is 25.0 Å². The number of hydrogen-bond acceptors (Lipinski definition) is 2. The van der Waals surface area contributed by atoms with Crippen molar-refractivity contribution in [3.8, 4) is 0 Å². The molecule has 1 aliphatic carbocycles. The first kappa shape index (κ1) is 13.6. The maximum atomic E-state index is 12.7. The van der Waals surface area contributed by atoms with Gasteiger partial charge in [-0.15, -0.1) is 0 Å². The lowest BCUT2D eigenvalue weighted by molar-refractivity contribution is -0.136. The van der Waals surface area contributed by atoms with Crippen molar-refractivity contribution in [2.75, 3.05) is 13.1 Å². The van der Waals surface area contributed by atoms with Crippen molar-refractivity contribution >= 4 is 5.91 Å². The normalized spacial score (nSPS) is 33.0. The van der Waals surface area contributed by atoms with Crippen LogP contribution in [0.25, 0.3) is 0 Å². The minimum absolute atomic E-state index is 0.194. The van der Waals surface area contributed by atoms with Gasteiger partial charge in [-0.2, -0.15) is 0 Å². The Morgan fingerprint density at radius 1 is 1.30 bits per heavy atom. The Balaban J connectivity index is 1.65. The number of rotatable bonds is 3. The second-order valence-electron chi connectivity index (χ2n) is 6.41. The van der Waals surface area contributed by atoms with Crippen molar-refractivity contribution in [2.24, 2.45) is 17.6 Å². The van der Waals surface area contributed by atoms with Crippen LogP contribution in [0.2, 0.25) is 0 Å². The first-order valence-corrected chi connectivity index (χ1v) is 7.76. The molecule has 0 spiro atoms. The Morgan fingerprint density at radius 3 is 2.75 bits per heavy atom. The van der Waals surface area contributed by atoms with E-state index in [0.717, 1.165) is 25.8 Å². The number of benzene rings is 1. The van der Waals surface area contributed by atoms with Crippen molar-refractivity contribution in [3.05, 3.63) is 35.9 Å². The molecule has 1 aromatic carbocycles. The van der Waals surface area contributed by atoms with Crippen molar-refractivity contribution in [1.29, 1.82) is 0 Å². The van der Waals surface area contributed by atoms with E-state index in [0.29, 0.717) is 24.3 Å². The lowest BCUT2D eigenvalue weighted by atomic mass is 9.92. The highest BCUT2D eigenvalue weighted by atomic mass is 16.2. The number of likely N-dealkylation sites (tertiary alicyclic amines) is 1. The summed E-state index contributed by atoms with van der Waals surface area (Å²) in [6.07, 6.45) is 3.18. The Bertz CT molecular complexity index is 473. The van der Waals surface area contributed by atoms with Gasteiger partial charge < -0.3 is 10.6 Å². The van der Waals surface area contributed by atoms with Crippen LogP contribution >= 0.6 is 0 Å². The number of hydrogen-bond donors (Lipinski definition) is 1. The summed E-state index contributed by atoms with van der Waals surface area (Å²) in [6, 6.07) is 10.7. The van der Waals surface area contributed by atoms with Crippen LogP contribution < -0.4 is 5.73 Å². The van der Waals surface area contributed by atoms with Gasteiger partial charge >= 0.3 is 0 Å². The van der Waals surface area contributed by atoms with E-state index >= 15 is 0 Å². The number of amides is 1. The molecule has 108 valence electrons. The number of carbonyl (C=O) groups is 1. The van der Waals surface area contributed by atoms with Crippen LogP contribution in [0.3, 0.4) is 0 Å². The third-order valence-corrected chi connectivity index (χ3v) is 4.87. The van der Waals surface area contributed by atoms with Gasteiger partial charge in [0.15, 0.2) is 0 Å². The summed E-state index contributed by atoms with van der Waals surface area (Å²) in [5.41, 5.74) is 7.17. The van der Waals surface area contributed by atoms with E-state index in [1.807, 2.05) is 6.07 Å². The van der Waals surface area contributed by atoms with Gasteiger partial charge in [0.2, 0.25) is 5.91 Å². The minimum atomic E-state index is 0.194. The van der Waals surface area contributed by atoms with Gasteiger partial charge in [-0.1, -0.05) is 37.3 Å². The molecular weight excluding hydrogens is 248 g/mol. The quantitative estimate of drug-likeness (QED) is 0.918. The molecule has 3 nitrogen and oxygen atoms in total. The van der Waals surface area contributed by atoms with Crippen LogP contribution in [0.5, 0.6) is 0 Å². The molecule has 0 radical (unpaired) electrons. The van der Waals surface area contributed by atoms with Crippen LogP contribution in [-0.4, -0.2) is 29.9 Å². The van der Waals surface area contributed by atoms with E-state index in [1.165, 1.54) is 5.56 Å². The Kier molecular flexibility index (Phi) is 3.79. The largest absolute Gasteiger partial charge is 0.338 e. The highest BCUT2D eigenvalue weighted by molar-refractivity contribution is 5.83. The molecule has 4 atom stereocenters. The number of nitrogens with zero attached hydrogens (tertiary/aromatic N) is 1. The van der Waals surface area contributed by atoms with Gasteiger partial charge in [0.1, 0.15) is 0 Å². The molecule has 20 heavy (non-hydrogen) atoms. The zero-order chi connectivity index (χ0) is 14.1. The summed E-state index contributed by atoms with van der Waals surface area (Å²) in [5.74, 6) is 1.65. The van der Waals surface area contributed by atoms with Crippen molar-refractivity contribution < 1.29 is 4.79 Å². The molecule has 2 N–H and O–H groups in total. The van der Waals surface area contributed by atoms with Gasteiger partial charge in [-0.3, -0.25) is 4.79 Å². The number of nitrogens with two attached hydrogens (primary N) is 1. The fourth-order valence-electron chi connectivity index (χ4n) is 3.51. The van der Waals surface area contributed by atoms with Crippen LogP contribution in [0.4, 0.5) is 0 Å². The summed E-state index contributed by atoms with van der Waals surface area (Å²) < 4.78 is 0. The molecule has 0 aromatic heterocycles. The summed E-state index contributed by atoms with van der Waals surface area (Å²) in [7, 11) is 0. The lowest BCUT2D eigenvalue weighted by Crippen LogP contribution is -2.49. The average molecular weight is 272 g/mol. The van der Waals surface area contributed by atoms with Crippen LogP contribution in [0.15, 0.2) is 30.3 Å². The molecule has 0 bridgehead atoms. The zero-order valence-corrected chi connectivity index (χ0v) is 12.2. The van der Waals surface area contributed by atoms with Gasteiger partial charge in [0.25, 0.3) is 0 Å². The predicted octanol–water partition coefficient (Wildman–Crippen LogP) is 2.38. The third-order valence-electron chi connectivity index (χ3n) is 4.87. The fourth-order valence-corrected chi connectivity index (χ4v) is 3.51. The predicted molar refractivity (Wildman–Crippen MR) is 80.2 cm³/mol. The van der Waals surface area contributed by atoms with Gasteiger partial charge in [-0.25, -0.2) is 0 Å². The van der Waals surface area contributed by atoms with E-state index < -0.39 is 0 Å². The van der Waals surface area contributed by atoms with Gasteiger partial charge in [0.05, 0.1) is 0 Å². The number of carbonyl (C=O) groups excluding carboxylic acids is 1. The third kappa shape index (κ3) is 2.59. The van der Waals surface area contributed by atoms with E-state index in [9.17, 15) is 4.79 Å². The highest BCUT2D eigenvalue weighted by Gasteiger charge is 2.47. The highest BCUT2D eigenvalue weighted by Crippen LogP contribution is 2.49. The zero-order valence-electron chi connectivity index (χ0n) is 12.2. The monoisotopic (exact) mass is 272 g/mol. The molecule has 3 rings (SSSR count). The van der Waals surface area contributed by atoms with E-state index in [-0.39, 0.29) is 12.0 Å². The van der Waals surface area contributed by atoms with Crippen LogP contribution in [0, 0.1) is 11.8 Å². The molecular formula is C17H24N2O. The summed E-state index contributed by atoms with van der Waals surface area (Å²) in [6.45, 7) is 3.74. The summed E-state index contributed by atoms with van der Waals surface area (Å²) in [4.78, 5) is 14.8. The average Bonchev–Trinajstić information content (AvgIpc) is 3.28. The Hall–Kier alpha value is -1.35. The van der Waals surface area contributed by atoms with E-state index in [4.69, 9.17) is 5.73 Å². The molecule has 3 heteroatoms. The molecule has 1 saturated heterocycles. The lowest BCUT2D eigenvalue weighted by Gasteiger charge is -2.38. The van der Waals surface area contributed by atoms with Crippen molar-refractivity contribution in [2.45, 2.75) is 38.1 Å². The second-order valence-corrected chi connectivity index (χ2v) is 6.41. The maximum Gasteiger partial charge on any atom is 0.226 e. The van der Waals surface area contributed by atoms with E-state index in [2.05, 4.69) is 36.1 Å². The minimum Gasteiger partial charge on any atom is -0.338 e. The smallest absolute Gasteiger partial charge is 0.226 e. The Labute approximate surface area is 121 Å². The molecule has 1 amide bonds. The van der Waals surface area contributed by atoms with Crippen molar-refractivity contribution in [1.82, 2.24) is 4.90 Å². The summed E-state index contributed by atoms with van der Waals surface area (Å²) in [5, 5.41) is 0. The molecule has 4 unspecified atom stereocenters. The van der Waals surface area contributed by atoms with E-state index in [1.54, 1.807) is 0 Å². The van der Waals surface area contributed by atoms with Gasteiger partial charge in [-0.05, 0) is 36.7 Å². The molecule has 1 heterocycles. The molecule has 2 aliphatic rings. The van der Waals surface area contributed by atoms with Crippen LogP contribution in [0.1, 0.15) is 37.7 Å². The van der Waals surface area contributed by atoms with Crippen molar-refractivity contribution in [3.63, 3.8) is 0 Å². The standard InChI is InChI=1S/C17H24N2O/c1-12-7-8-19(14(9-12)11-18)17(20)16-10-15(16)13-5-3-2-4-6-13/h2-6,12,14-16H,7-11,18H2,1H3. The SMILES string of the molecule is CC1CCN(C(=O)C2CC2c2ccccc2)C(CN)C1. The summed E-state index contributed by atoms with van der Waals surface area (Å²) >= 11 is 0. The van der Waals surface area contributed by atoms with Crippen LogP contribution in [-0.2, 0) is 4.79 Å².